The van der Waals surface area contributed by atoms with Crippen molar-refractivity contribution in [2.45, 2.75) is 12.8 Å². The van der Waals surface area contributed by atoms with E-state index in [9.17, 15) is 14.9 Å². The number of allylic oxidation sites excluding steroid dienone is 2. The number of dihydropyridines is 1. The number of carbonyl (C=O) groups excluding carboxylic acids is 2. The Kier molecular flexibility index (Phi) is 8.38. The maximum Gasteiger partial charge on any atom is 0.254 e. The lowest BCUT2D eigenvalue weighted by molar-refractivity contribution is -0.114. The number of hydrogen-bond acceptors (Lipinski definition) is 7. The number of halogens is 1. The molecule has 37 heavy (non-hydrogen) atoms. The van der Waals surface area contributed by atoms with Gasteiger partial charge in [-0.2, -0.15) is 5.26 Å². The van der Waals surface area contributed by atoms with Gasteiger partial charge in [0.1, 0.15) is 11.5 Å². The van der Waals surface area contributed by atoms with Gasteiger partial charge in [0.05, 0.1) is 53.0 Å². The van der Waals surface area contributed by atoms with Crippen molar-refractivity contribution >= 4 is 50.9 Å². The standard InChI is InChI=1S/C27H23BrN4O4S/c1-16-24(26(34)32-20-9-3-4-10-21(20)35-2)25(22-11-6-12-36-22)19(14-29)27(30-16)37-15-23(33)31-18-8-5-7-17(28)13-18/h3-13,25,30H,15H2,1-2H3,(H,31,33)(H,32,34). The van der Waals surface area contributed by atoms with E-state index in [1.807, 2.05) is 12.1 Å². The summed E-state index contributed by atoms with van der Waals surface area (Å²) in [5.74, 6) is -0.381. The van der Waals surface area contributed by atoms with Crippen LogP contribution in [0.5, 0.6) is 5.75 Å². The van der Waals surface area contributed by atoms with Gasteiger partial charge < -0.3 is 25.1 Å². The molecule has 4 rings (SSSR count). The summed E-state index contributed by atoms with van der Waals surface area (Å²) in [5.41, 5.74) is 2.32. The van der Waals surface area contributed by atoms with Crippen molar-refractivity contribution in [1.29, 1.82) is 5.26 Å². The van der Waals surface area contributed by atoms with E-state index in [0.29, 0.717) is 39.2 Å². The molecular weight excluding hydrogens is 556 g/mol. The largest absolute Gasteiger partial charge is 0.495 e. The summed E-state index contributed by atoms with van der Waals surface area (Å²) < 4.78 is 11.8. The number of thioether (sulfide) groups is 1. The molecule has 10 heteroatoms. The minimum Gasteiger partial charge on any atom is -0.495 e. The first kappa shape index (κ1) is 26.1. The first-order chi connectivity index (χ1) is 17.9. The van der Waals surface area contributed by atoms with Crippen LogP contribution in [-0.4, -0.2) is 24.7 Å². The summed E-state index contributed by atoms with van der Waals surface area (Å²) in [4.78, 5) is 26.1. The van der Waals surface area contributed by atoms with E-state index in [2.05, 4.69) is 37.9 Å². The molecule has 1 atom stereocenters. The normalized spacial score (nSPS) is 15.0. The summed E-state index contributed by atoms with van der Waals surface area (Å²) >= 11 is 4.57. The van der Waals surface area contributed by atoms with Crippen LogP contribution in [-0.2, 0) is 9.59 Å². The molecule has 0 bridgehead atoms. The molecule has 0 aliphatic carbocycles. The molecule has 188 valence electrons. The molecule has 2 aromatic carbocycles. The maximum atomic E-state index is 13.5. The number of nitriles is 1. The summed E-state index contributed by atoms with van der Waals surface area (Å²) in [6.07, 6.45) is 1.50. The van der Waals surface area contributed by atoms with Crippen LogP contribution in [0.2, 0.25) is 0 Å². The van der Waals surface area contributed by atoms with E-state index in [-0.39, 0.29) is 17.2 Å². The first-order valence-corrected chi connectivity index (χ1v) is 13.0. The van der Waals surface area contributed by atoms with Crippen LogP contribution in [0.3, 0.4) is 0 Å². The highest BCUT2D eigenvalue weighted by Crippen LogP contribution is 2.41. The van der Waals surface area contributed by atoms with Crippen molar-refractivity contribution < 1.29 is 18.7 Å². The van der Waals surface area contributed by atoms with Gasteiger partial charge in [-0.25, -0.2) is 0 Å². The van der Waals surface area contributed by atoms with E-state index < -0.39 is 11.8 Å². The maximum absolute atomic E-state index is 13.5. The van der Waals surface area contributed by atoms with Gasteiger partial charge in [-0.3, -0.25) is 9.59 Å². The highest BCUT2D eigenvalue weighted by atomic mass is 79.9. The smallest absolute Gasteiger partial charge is 0.254 e. The number of furan rings is 1. The van der Waals surface area contributed by atoms with Crippen molar-refractivity contribution in [3.8, 4) is 11.8 Å². The van der Waals surface area contributed by atoms with Crippen LogP contribution in [0.1, 0.15) is 18.6 Å². The number of nitrogens with one attached hydrogen (secondary N) is 3. The minimum absolute atomic E-state index is 0.0565. The summed E-state index contributed by atoms with van der Waals surface area (Å²) in [5, 5.41) is 19.5. The van der Waals surface area contributed by atoms with E-state index in [1.165, 1.54) is 25.1 Å². The highest BCUT2D eigenvalue weighted by Gasteiger charge is 2.36. The van der Waals surface area contributed by atoms with Gasteiger partial charge in [-0.15, -0.1) is 0 Å². The number of benzene rings is 2. The fourth-order valence-corrected chi connectivity index (χ4v) is 5.20. The molecule has 2 heterocycles. The van der Waals surface area contributed by atoms with Gasteiger partial charge in [0, 0.05) is 15.9 Å². The van der Waals surface area contributed by atoms with Gasteiger partial charge in [-0.05, 0) is 49.4 Å². The van der Waals surface area contributed by atoms with Gasteiger partial charge in [0.2, 0.25) is 5.91 Å². The number of anilines is 2. The number of carbonyl (C=O) groups is 2. The Morgan fingerprint density at radius 2 is 1.97 bits per heavy atom. The Morgan fingerprint density at radius 1 is 1.16 bits per heavy atom. The fraction of sp³-hybridized carbons (Fsp3) is 0.148. The molecule has 1 aliphatic rings. The second-order valence-corrected chi connectivity index (χ2v) is 9.87. The van der Waals surface area contributed by atoms with Gasteiger partial charge in [0.25, 0.3) is 5.91 Å². The van der Waals surface area contributed by atoms with E-state index in [1.54, 1.807) is 55.5 Å². The third-order valence-corrected chi connectivity index (χ3v) is 7.04. The Bertz CT molecular complexity index is 1430. The predicted octanol–water partition coefficient (Wildman–Crippen LogP) is 5.76. The zero-order chi connectivity index (χ0) is 26.4. The molecule has 0 spiro atoms. The third-order valence-electron chi connectivity index (χ3n) is 5.53. The molecule has 8 nitrogen and oxygen atoms in total. The Balaban J connectivity index is 1.59. The lowest BCUT2D eigenvalue weighted by Crippen LogP contribution is -2.31. The number of nitrogens with zero attached hydrogens (tertiary/aromatic N) is 1. The van der Waals surface area contributed by atoms with Gasteiger partial charge in [0.15, 0.2) is 0 Å². The molecule has 0 saturated carbocycles. The second-order valence-electron chi connectivity index (χ2n) is 7.97. The number of hydrogen-bond donors (Lipinski definition) is 3. The van der Waals surface area contributed by atoms with Crippen LogP contribution in [0.15, 0.2) is 97.7 Å². The molecule has 3 N–H and O–H groups in total. The SMILES string of the molecule is COc1ccccc1NC(=O)C1=C(C)NC(SCC(=O)Nc2cccc(Br)c2)=C(C#N)C1c1ccco1. The number of rotatable bonds is 8. The Labute approximate surface area is 226 Å². The quantitative estimate of drug-likeness (QED) is 0.311. The van der Waals surface area contributed by atoms with Crippen molar-refractivity contribution in [2.24, 2.45) is 0 Å². The Morgan fingerprint density at radius 3 is 2.68 bits per heavy atom. The van der Waals surface area contributed by atoms with Crippen molar-refractivity contribution in [2.75, 3.05) is 23.5 Å². The third kappa shape index (κ3) is 6.07. The number of methoxy groups -OCH3 is 1. The number of para-hydroxylation sites is 2. The lowest BCUT2D eigenvalue weighted by atomic mass is 9.85. The average molecular weight is 579 g/mol. The molecule has 1 unspecified atom stereocenters. The zero-order valence-electron chi connectivity index (χ0n) is 20.0. The van der Waals surface area contributed by atoms with Gasteiger partial charge in [-0.1, -0.05) is 45.9 Å². The fourth-order valence-electron chi connectivity index (χ4n) is 3.91. The minimum atomic E-state index is -0.758. The van der Waals surface area contributed by atoms with E-state index >= 15 is 0 Å². The van der Waals surface area contributed by atoms with Crippen LogP contribution in [0.4, 0.5) is 11.4 Å². The average Bonchev–Trinajstić information content (AvgIpc) is 3.42. The van der Waals surface area contributed by atoms with Crippen LogP contribution in [0, 0.1) is 11.3 Å². The first-order valence-electron chi connectivity index (χ1n) is 11.2. The van der Waals surface area contributed by atoms with E-state index in [0.717, 1.165) is 4.47 Å². The molecule has 1 aliphatic heterocycles. The van der Waals surface area contributed by atoms with Crippen molar-refractivity contribution in [3.05, 3.63) is 99.0 Å². The van der Waals surface area contributed by atoms with Gasteiger partial charge >= 0.3 is 0 Å². The molecule has 2 amide bonds. The van der Waals surface area contributed by atoms with Crippen LogP contribution < -0.4 is 20.7 Å². The van der Waals surface area contributed by atoms with Crippen molar-refractivity contribution in [3.63, 3.8) is 0 Å². The molecule has 0 radical (unpaired) electrons. The topological polar surface area (TPSA) is 116 Å². The monoisotopic (exact) mass is 578 g/mol. The molecular formula is C27H23BrN4O4S. The summed E-state index contributed by atoms with van der Waals surface area (Å²) in [6, 6.07) is 20.0. The molecule has 0 fully saturated rings. The zero-order valence-corrected chi connectivity index (χ0v) is 22.4. The second kappa shape index (κ2) is 11.9. The van der Waals surface area contributed by atoms with Crippen LogP contribution >= 0.6 is 27.7 Å². The summed E-state index contributed by atoms with van der Waals surface area (Å²) in [6.45, 7) is 1.75. The Hall–Kier alpha value is -3.94. The van der Waals surface area contributed by atoms with Crippen LogP contribution in [0.25, 0.3) is 0 Å². The van der Waals surface area contributed by atoms with Crippen molar-refractivity contribution in [1.82, 2.24) is 5.32 Å². The highest BCUT2D eigenvalue weighted by molar-refractivity contribution is 9.10. The molecule has 1 aromatic heterocycles. The number of ether oxygens (including phenoxy) is 1. The summed E-state index contributed by atoms with van der Waals surface area (Å²) in [7, 11) is 1.52. The van der Waals surface area contributed by atoms with E-state index in [4.69, 9.17) is 9.15 Å². The predicted molar refractivity (Wildman–Crippen MR) is 147 cm³/mol. The molecule has 3 aromatic rings. The number of amides is 2. The molecule has 0 saturated heterocycles. The lowest BCUT2D eigenvalue weighted by Gasteiger charge is -2.28.